The lowest BCUT2D eigenvalue weighted by molar-refractivity contribution is -0.113. The van der Waals surface area contributed by atoms with Crippen molar-refractivity contribution in [2.24, 2.45) is 10.9 Å². The zero-order chi connectivity index (χ0) is 14.6. The van der Waals surface area contributed by atoms with E-state index in [-0.39, 0.29) is 11.6 Å². The van der Waals surface area contributed by atoms with Gasteiger partial charge in [0.1, 0.15) is 5.71 Å². The maximum absolute atomic E-state index is 11.9. The molecule has 1 saturated carbocycles. The van der Waals surface area contributed by atoms with Crippen molar-refractivity contribution < 1.29 is 22.7 Å². The molecule has 0 aliphatic heterocycles. The largest absolute Gasteiger partial charge is 0.451 e. The van der Waals surface area contributed by atoms with E-state index in [0.29, 0.717) is 19.3 Å². The minimum absolute atomic E-state index is 0.126. The summed E-state index contributed by atoms with van der Waals surface area (Å²) in [4.78, 5) is 26.5. The van der Waals surface area contributed by atoms with Gasteiger partial charge in [0, 0.05) is 5.92 Å². The fourth-order valence-corrected chi connectivity index (χ4v) is 2.65. The molecule has 0 heterocycles. The molecule has 108 valence electrons. The van der Waals surface area contributed by atoms with Gasteiger partial charge in [-0.15, -0.1) is 0 Å². The summed E-state index contributed by atoms with van der Waals surface area (Å²) in [5.74, 6) is -1.19. The Labute approximate surface area is 112 Å². The highest BCUT2D eigenvalue weighted by atomic mass is 32.2. The summed E-state index contributed by atoms with van der Waals surface area (Å²) >= 11 is 0. The third-order valence-corrected chi connectivity index (χ3v) is 4.72. The molecule has 7 nitrogen and oxygen atoms in total. The smallest absolute Gasteiger partial charge is 0.433 e. The van der Waals surface area contributed by atoms with Gasteiger partial charge in [-0.25, -0.2) is 17.9 Å². The molecule has 0 saturated heterocycles. The summed E-state index contributed by atoms with van der Waals surface area (Å²) < 4.78 is 29.7. The molecule has 1 unspecified atom stereocenters. The van der Waals surface area contributed by atoms with Crippen LogP contribution in [0.5, 0.6) is 0 Å². The fraction of sp³-hybridized carbons (Fsp3) is 0.727. The van der Waals surface area contributed by atoms with Crippen molar-refractivity contribution in [3.8, 4) is 0 Å². The average Bonchev–Trinajstić information content (AvgIpc) is 3.18. The SMILES string of the molecule is CCC(C)C(=NC(=O)OC)C(=O)NS(=O)(=O)C1CC1. The quantitative estimate of drug-likeness (QED) is 0.756. The first-order chi connectivity index (χ1) is 8.81. The van der Waals surface area contributed by atoms with Crippen LogP contribution in [0.25, 0.3) is 0 Å². The minimum Gasteiger partial charge on any atom is -0.451 e. The summed E-state index contributed by atoms with van der Waals surface area (Å²) in [7, 11) is -2.51. The van der Waals surface area contributed by atoms with Crippen LogP contribution in [0, 0.1) is 5.92 Å². The number of amides is 2. The van der Waals surface area contributed by atoms with Gasteiger partial charge in [-0.2, -0.15) is 4.99 Å². The standard InChI is InChI=1S/C11H18N2O5S/c1-4-7(2)9(12-11(15)18-3)10(14)13-19(16,17)8-5-6-8/h7-8H,4-6H2,1-3H3,(H,13,14). The lowest BCUT2D eigenvalue weighted by Gasteiger charge is -2.12. The Morgan fingerprint density at radius 1 is 1.42 bits per heavy atom. The number of nitrogens with one attached hydrogen (secondary N) is 1. The Kier molecular flexibility index (Phi) is 5.04. The van der Waals surface area contributed by atoms with Crippen LogP contribution in [0.1, 0.15) is 33.1 Å². The van der Waals surface area contributed by atoms with E-state index in [9.17, 15) is 18.0 Å². The van der Waals surface area contributed by atoms with E-state index in [1.165, 1.54) is 0 Å². The molecule has 1 rings (SSSR count). The number of nitrogens with zero attached hydrogens (tertiary/aromatic N) is 1. The molecule has 1 atom stereocenters. The second-order valence-corrected chi connectivity index (χ2v) is 6.41. The van der Waals surface area contributed by atoms with E-state index in [4.69, 9.17) is 0 Å². The number of methoxy groups -OCH3 is 1. The van der Waals surface area contributed by atoms with Crippen LogP contribution in [0.15, 0.2) is 4.99 Å². The molecule has 8 heteroatoms. The predicted octanol–water partition coefficient (Wildman–Crippen LogP) is 0.848. The average molecular weight is 290 g/mol. The first-order valence-electron chi connectivity index (χ1n) is 6.04. The number of hydrogen-bond donors (Lipinski definition) is 1. The van der Waals surface area contributed by atoms with Crippen LogP contribution in [0.2, 0.25) is 0 Å². The molecule has 19 heavy (non-hydrogen) atoms. The zero-order valence-electron chi connectivity index (χ0n) is 11.2. The summed E-state index contributed by atoms with van der Waals surface area (Å²) in [6.45, 7) is 3.49. The van der Waals surface area contributed by atoms with Gasteiger partial charge in [0.25, 0.3) is 5.91 Å². The Balaban J connectivity index is 2.89. The lowest BCUT2D eigenvalue weighted by Crippen LogP contribution is -2.40. The molecule has 0 radical (unpaired) electrons. The highest BCUT2D eigenvalue weighted by Crippen LogP contribution is 2.27. The van der Waals surface area contributed by atoms with Gasteiger partial charge in [-0.05, 0) is 19.3 Å². The summed E-state index contributed by atoms with van der Waals surface area (Å²) in [6, 6.07) is 0. The maximum Gasteiger partial charge on any atom is 0.433 e. The highest BCUT2D eigenvalue weighted by Gasteiger charge is 2.38. The molecule has 0 bridgehead atoms. The number of rotatable bonds is 5. The van der Waals surface area contributed by atoms with Crippen LogP contribution >= 0.6 is 0 Å². The van der Waals surface area contributed by atoms with E-state index < -0.39 is 27.3 Å². The monoisotopic (exact) mass is 290 g/mol. The lowest BCUT2D eigenvalue weighted by atomic mass is 10.0. The highest BCUT2D eigenvalue weighted by molar-refractivity contribution is 7.91. The Morgan fingerprint density at radius 2 is 2.00 bits per heavy atom. The van der Waals surface area contributed by atoms with Gasteiger partial charge in [-0.1, -0.05) is 13.8 Å². The molecule has 1 aliphatic rings. The van der Waals surface area contributed by atoms with Crippen LogP contribution in [0.4, 0.5) is 4.79 Å². The van der Waals surface area contributed by atoms with Crippen molar-refractivity contribution in [1.82, 2.24) is 4.72 Å². The third kappa shape index (κ3) is 4.30. The first-order valence-corrected chi connectivity index (χ1v) is 7.59. The van der Waals surface area contributed by atoms with E-state index in [1.54, 1.807) is 13.8 Å². The van der Waals surface area contributed by atoms with E-state index in [2.05, 4.69) is 9.73 Å². The van der Waals surface area contributed by atoms with Crippen molar-refractivity contribution in [2.45, 2.75) is 38.4 Å². The second-order valence-electron chi connectivity index (χ2n) is 4.45. The molecule has 2 amide bonds. The zero-order valence-corrected chi connectivity index (χ0v) is 12.0. The van der Waals surface area contributed by atoms with Gasteiger partial charge in [0.15, 0.2) is 0 Å². The van der Waals surface area contributed by atoms with Crippen LogP contribution < -0.4 is 4.72 Å². The predicted molar refractivity (Wildman–Crippen MR) is 69.4 cm³/mol. The van der Waals surface area contributed by atoms with Crippen LogP contribution in [-0.4, -0.2) is 38.5 Å². The first kappa shape index (κ1) is 15.6. The molecular weight excluding hydrogens is 272 g/mol. The maximum atomic E-state index is 11.9. The Bertz CT molecular complexity index is 493. The van der Waals surface area contributed by atoms with E-state index in [1.807, 2.05) is 4.72 Å². The van der Waals surface area contributed by atoms with Crippen molar-refractivity contribution in [3.63, 3.8) is 0 Å². The second kappa shape index (κ2) is 6.14. The Morgan fingerprint density at radius 3 is 2.42 bits per heavy atom. The molecule has 0 aromatic rings. The van der Waals surface area contributed by atoms with Gasteiger partial charge in [0.2, 0.25) is 10.0 Å². The molecule has 0 aromatic heterocycles. The Hall–Kier alpha value is -1.44. The number of carbonyl (C=O) groups excluding carboxylic acids is 2. The molecule has 1 aliphatic carbocycles. The van der Waals surface area contributed by atoms with Gasteiger partial charge in [0.05, 0.1) is 12.4 Å². The molecule has 0 spiro atoms. The normalized spacial score (nSPS) is 17.7. The number of sulfonamides is 1. The fourth-order valence-electron chi connectivity index (χ4n) is 1.37. The van der Waals surface area contributed by atoms with Crippen molar-refractivity contribution in [2.75, 3.05) is 7.11 Å². The van der Waals surface area contributed by atoms with Gasteiger partial charge in [-0.3, -0.25) is 4.79 Å². The number of ether oxygens (including phenoxy) is 1. The topological polar surface area (TPSA) is 102 Å². The molecule has 1 N–H and O–H groups in total. The van der Waals surface area contributed by atoms with Gasteiger partial charge < -0.3 is 4.74 Å². The number of aliphatic imine (C=N–C) groups is 1. The third-order valence-electron chi connectivity index (χ3n) is 2.90. The van der Waals surface area contributed by atoms with E-state index in [0.717, 1.165) is 7.11 Å². The molecular formula is C11H18N2O5S. The summed E-state index contributed by atoms with van der Waals surface area (Å²) in [6.07, 6.45) is 0.728. The molecule has 1 fully saturated rings. The van der Waals surface area contributed by atoms with Gasteiger partial charge >= 0.3 is 6.09 Å². The van der Waals surface area contributed by atoms with Crippen molar-refractivity contribution >= 4 is 27.7 Å². The molecule has 0 aromatic carbocycles. The summed E-state index contributed by atoms with van der Waals surface area (Å²) in [5, 5.41) is -0.507. The van der Waals surface area contributed by atoms with Crippen LogP contribution in [0.3, 0.4) is 0 Å². The number of hydrogen-bond acceptors (Lipinski definition) is 5. The van der Waals surface area contributed by atoms with E-state index >= 15 is 0 Å². The van der Waals surface area contributed by atoms with Crippen molar-refractivity contribution in [3.05, 3.63) is 0 Å². The number of carbonyl (C=O) groups is 2. The minimum atomic E-state index is -3.65. The van der Waals surface area contributed by atoms with Crippen molar-refractivity contribution in [1.29, 1.82) is 0 Å². The summed E-state index contributed by atoms with van der Waals surface area (Å²) in [5.41, 5.74) is -0.126. The van der Waals surface area contributed by atoms with Crippen LogP contribution in [-0.2, 0) is 19.6 Å².